The van der Waals surface area contributed by atoms with Crippen LogP contribution in [0.25, 0.3) is 21.0 Å². The first kappa shape index (κ1) is 34.0. The third-order valence-corrected chi connectivity index (χ3v) is 9.72. The molecule has 1 unspecified atom stereocenters. The second-order valence-corrected chi connectivity index (χ2v) is 14.6. The number of thiazole rings is 1. The van der Waals surface area contributed by atoms with Crippen LogP contribution in [0.2, 0.25) is 0 Å². The summed E-state index contributed by atoms with van der Waals surface area (Å²) in [6.45, 7) is 8.37. The zero-order valence-electron chi connectivity index (χ0n) is 26.2. The Bertz CT molecular complexity index is 1780. The van der Waals surface area contributed by atoms with Gasteiger partial charge in [0.15, 0.2) is 0 Å². The van der Waals surface area contributed by atoms with Crippen LogP contribution in [0.4, 0.5) is 16.2 Å². The lowest BCUT2D eigenvalue weighted by atomic mass is 10.1. The van der Waals surface area contributed by atoms with E-state index in [-0.39, 0.29) is 17.0 Å². The molecule has 0 spiro atoms. The van der Waals surface area contributed by atoms with E-state index >= 15 is 0 Å². The molecule has 0 saturated heterocycles. The Morgan fingerprint density at radius 3 is 2.40 bits per heavy atom. The standard InChI is InChI=1S/C33H38N6O3S3/c1-23(36-22-43)19-34-26-14-12-25(13-15-26)31-35-20-29(44-31)28-17-16-27(18-30(28)45(41,42)37-33(2,3)4)39(6)32(40)38(5)21-24-10-8-7-9-11-24/h7-18,20,23,34,37H,19,21H2,1-6H3. The number of aliphatic imine (C=N–C) groups is 1. The van der Waals surface area contributed by atoms with Crippen molar-refractivity contribution in [1.29, 1.82) is 0 Å². The normalized spacial score (nSPS) is 12.2. The summed E-state index contributed by atoms with van der Waals surface area (Å²) in [7, 11) is -0.616. The highest BCUT2D eigenvalue weighted by molar-refractivity contribution is 7.89. The van der Waals surface area contributed by atoms with Gasteiger partial charge in [0.2, 0.25) is 10.0 Å². The van der Waals surface area contributed by atoms with Crippen LogP contribution in [0.3, 0.4) is 0 Å². The Morgan fingerprint density at radius 1 is 1.07 bits per heavy atom. The van der Waals surface area contributed by atoms with Gasteiger partial charge in [-0.2, -0.15) is 0 Å². The fourth-order valence-corrected chi connectivity index (χ4v) is 7.42. The maximum atomic E-state index is 13.8. The fourth-order valence-electron chi connectivity index (χ4n) is 4.56. The third kappa shape index (κ3) is 9.06. The highest BCUT2D eigenvalue weighted by Crippen LogP contribution is 2.38. The number of nitrogens with one attached hydrogen (secondary N) is 2. The van der Waals surface area contributed by atoms with Crippen molar-refractivity contribution in [2.75, 3.05) is 30.9 Å². The van der Waals surface area contributed by atoms with E-state index in [1.54, 1.807) is 64.2 Å². The Hall–Kier alpha value is -3.93. The van der Waals surface area contributed by atoms with Crippen LogP contribution >= 0.6 is 23.6 Å². The molecular weight excluding hydrogens is 625 g/mol. The van der Waals surface area contributed by atoms with Crippen molar-refractivity contribution in [3.05, 3.63) is 84.6 Å². The monoisotopic (exact) mass is 662 g/mol. The number of benzene rings is 3. The zero-order chi connectivity index (χ0) is 32.8. The number of anilines is 2. The van der Waals surface area contributed by atoms with Gasteiger partial charge in [-0.15, -0.1) is 11.3 Å². The molecule has 0 bridgehead atoms. The predicted octanol–water partition coefficient (Wildman–Crippen LogP) is 7.15. The molecule has 45 heavy (non-hydrogen) atoms. The fraction of sp³-hybridized carbons (Fsp3) is 0.303. The molecule has 0 fully saturated rings. The van der Waals surface area contributed by atoms with E-state index in [0.29, 0.717) is 29.2 Å². The second kappa shape index (κ2) is 14.4. The zero-order valence-corrected chi connectivity index (χ0v) is 28.7. The van der Waals surface area contributed by atoms with Gasteiger partial charge in [-0.25, -0.2) is 27.9 Å². The number of rotatable bonds is 11. The number of thiocarbonyl (C=S) groups is 1. The van der Waals surface area contributed by atoms with Crippen molar-refractivity contribution < 1.29 is 13.2 Å². The van der Waals surface area contributed by atoms with Crippen LogP contribution in [-0.4, -0.2) is 61.7 Å². The van der Waals surface area contributed by atoms with Gasteiger partial charge >= 0.3 is 6.03 Å². The molecule has 1 aromatic heterocycles. The molecule has 1 atom stereocenters. The molecule has 1 heterocycles. The Morgan fingerprint density at radius 2 is 1.76 bits per heavy atom. The van der Waals surface area contributed by atoms with E-state index in [2.05, 4.69) is 37.4 Å². The quantitative estimate of drug-likeness (QED) is 0.131. The van der Waals surface area contributed by atoms with Crippen molar-refractivity contribution in [1.82, 2.24) is 14.6 Å². The van der Waals surface area contributed by atoms with Crippen molar-refractivity contribution in [3.8, 4) is 21.0 Å². The molecule has 0 saturated carbocycles. The molecule has 12 heteroatoms. The van der Waals surface area contributed by atoms with Gasteiger partial charge < -0.3 is 10.2 Å². The Kier molecular flexibility index (Phi) is 10.9. The molecule has 236 valence electrons. The Labute approximate surface area is 275 Å². The summed E-state index contributed by atoms with van der Waals surface area (Å²) in [6, 6.07) is 22.3. The minimum atomic E-state index is -3.98. The first-order valence-electron chi connectivity index (χ1n) is 14.4. The van der Waals surface area contributed by atoms with Crippen molar-refractivity contribution in [2.24, 2.45) is 4.99 Å². The van der Waals surface area contributed by atoms with Crippen LogP contribution < -0.4 is 14.9 Å². The molecule has 0 aliphatic rings. The number of aromatic nitrogens is 1. The van der Waals surface area contributed by atoms with Gasteiger partial charge in [0.25, 0.3) is 0 Å². The van der Waals surface area contributed by atoms with Gasteiger partial charge in [-0.1, -0.05) is 36.4 Å². The summed E-state index contributed by atoms with van der Waals surface area (Å²) in [5.41, 5.74) is 3.08. The average Bonchev–Trinajstić information content (AvgIpc) is 3.49. The minimum Gasteiger partial charge on any atom is -0.383 e. The second-order valence-electron chi connectivity index (χ2n) is 11.8. The van der Waals surface area contributed by atoms with Gasteiger partial charge in [0, 0.05) is 61.4 Å². The van der Waals surface area contributed by atoms with Gasteiger partial charge in [0.05, 0.1) is 21.0 Å². The highest BCUT2D eigenvalue weighted by atomic mass is 32.2. The van der Waals surface area contributed by atoms with E-state index in [4.69, 9.17) is 0 Å². The van der Waals surface area contributed by atoms with Crippen LogP contribution in [-0.2, 0) is 16.6 Å². The van der Waals surface area contributed by atoms with E-state index in [0.717, 1.165) is 21.8 Å². The van der Waals surface area contributed by atoms with Crippen molar-refractivity contribution in [2.45, 2.75) is 50.7 Å². The molecule has 4 rings (SSSR count). The summed E-state index contributed by atoms with van der Waals surface area (Å²) >= 11 is 6.07. The van der Waals surface area contributed by atoms with Gasteiger partial charge in [0.1, 0.15) is 5.01 Å². The van der Waals surface area contributed by atoms with E-state index in [9.17, 15) is 13.2 Å². The first-order chi connectivity index (χ1) is 21.3. The lowest BCUT2D eigenvalue weighted by molar-refractivity contribution is 0.215. The number of hydrogen-bond donors (Lipinski definition) is 2. The first-order valence-corrected chi connectivity index (χ1v) is 17.1. The molecule has 4 aromatic rings. The predicted molar refractivity (Wildman–Crippen MR) is 188 cm³/mol. The molecule has 9 nitrogen and oxygen atoms in total. The summed E-state index contributed by atoms with van der Waals surface area (Å²) < 4.78 is 30.3. The van der Waals surface area contributed by atoms with Crippen LogP contribution in [0, 0.1) is 0 Å². The van der Waals surface area contributed by atoms with Crippen molar-refractivity contribution >= 4 is 56.1 Å². The number of urea groups is 1. The number of isothiocyanates is 1. The number of amides is 2. The smallest absolute Gasteiger partial charge is 0.324 e. The van der Waals surface area contributed by atoms with E-state index in [1.165, 1.54) is 16.2 Å². The topological polar surface area (TPSA) is 107 Å². The average molecular weight is 663 g/mol. The number of carbonyl (C=O) groups excluding carboxylic acids is 1. The lowest BCUT2D eigenvalue weighted by Crippen LogP contribution is -2.41. The molecule has 3 aromatic carbocycles. The van der Waals surface area contributed by atoms with Crippen molar-refractivity contribution in [3.63, 3.8) is 0 Å². The summed E-state index contributed by atoms with van der Waals surface area (Å²) in [6.07, 6.45) is 1.69. The minimum absolute atomic E-state index is 0.0152. The molecule has 0 aliphatic heterocycles. The molecule has 0 aliphatic carbocycles. The van der Waals surface area contributed by atoms with Gasteiger partial charge in [-0.3, -0.25) is 4.90 Å². The van der Waals surface area contributed by atoms with Gasteiger partial charge in [-0.05, 0) is 81.9 Å². The van der Waals surface area contributed by atoms with Crippen LogP contribution in [0.15, 0.2) is 88.9 Å². The molecule has 2 N–H and O–H groups in total. The summed E-state index contributed by atoms with van der Waals surface area (Å²) in [4.78, 5) is 25.8. The molecular formula is C33H38N6O3S3. The molecule has 2 amide bonds. The number of carbonyl (C=O) groups is 1. The largest absolute Gasteiger partial charge is 0.383 e. The lowest BCUT2D eigenvalue weighted by Gasteiger charge is -2.26. The number of hydrogen-bond acceptors (Lipinski definition) is 8. The number of nitrogens with zero attached hydrogens (tertiary/aromatic N) is 4. The SMILES string of the molecule is CC(CNc1ccc(-c2ncc(-c3ccc(N(C)C(=O)N(C)Cc4ccccc4)cc3S(=O)(=O)NC(C)(C)C)s2)cc1)N=C=S. The maximum Gasteiger partial charge on any atom is 0.324 e. The Balaban J connectivity index is 1.63. The maximum absolute atomic E-state index is 13.8. The third-order valence-electron chi connectivity index (χ3n) is 6.74. The summed E-state index contributed by atoms with van der Waals surface area (Å²) in [5.74, 6) is 0. The molecule has 0 radical (unpaired) electrons. The summed E-state index contributed by atoms with van der Waals surface area (Å²) in [5, 5.41) is 6.47. The van der Waals surface area contributed by atoms with E-state index < -0.39 is 15.6 Å². The number of sulfonamides is 1. The van der Waals surface area contributed by atoms with Crippen LogP contribution in [0.5, 0.6) is 0 Å². The van der Waals surface area contributed by atoms with E-state index in [1.807, 2.05) is 61.5 Å². The highest BCUT2D eigenvalue weighted by Gasteiger charge is 2.28. The van der Waals surface area contributed by atoms with Crippen LogP contribution in [0.1, 0.15) is 33.3 Å².